The van der Waals surface area contributed by atoms with Crippen molar-refractivity contribution < 1.29 is 0 Å². The van der Waals surface area contributed by atoms with Crippen molar-refractivity contribution in [1.82, 2.24) is 0 Å². The fraction of sp³-hybridized carbons (Fsp3) is 0.692. The molecule has 0 rings (SSSR count). The lowest BCUT2D eigenvalue weighted by atomic mass is 10.1. The van der Waals surface area contributed by atoms with Gasteiger partial charge in [0.15, 0.2) is 0 Å². The summed E-state index contributed by atoms with van der Waals surface area (Å²) in [5, 5.41) is 0. The Morgan fingerprint density at radius 3 is 2.23 bits per heavy atom. The molecule has 0 bridgehead atoms. The lowest BCUT2D eigenvalue weighted by Crippen LogP contribution is -1.76. The molecule has 0 aromatic rings. The van der Waals surface area contributed by atoms with Gasteiger partial charge in [0.25, 0.3) is 0 Å². The lowest BCUT2D eigenvalue weighted by molar-refractivity contribution is 0.673. The Kier molecular flexibility index (Phi) is 7.77. The highest BCUT2D eigenvalue weighted by Crippen LogP contribution is 2.07. The summed E-state index contributed by atoms with van der Waals surface area (Å²) in [4.78, 5) is 0. The first kappa shape index (κ1) is 12.5. The summed E-state index contributed by atoms with van der Waals surface area (Å²) in [6.07, 6.45) is 11.3. The van der Waals surface area contributed by atoms with Crippen LogP contribution < -0.4 is 0 Å². The third-order valence-electron chi connectivity index (χ3n) is 2.04. The standard InChI is InChI=1S/C13H24/c1-5-6-7-8-9-10-13(4)11-12(2)3/h10-11H,5-9H2,1-4H3/b13-10+. The molecule has 0 amide bonds. The molecule has 0 saturated heterocycles. The summed E-state index contributed by atoms with van der Waals surface area (Å²) in [6.45, 7) is 8.74. The fourth-order valence-electron chi connectivity index (χ4n) is 1.42. The topological polar surface area (TPSA) is 0 Å². The van der Waals surface area contributed by atoms with Gasteiger partial charge in [-0.2, -0.15) is 0 Å². The summed E-state index contributed by atoms with van der Waals surface area (Å²) >= 11 is 0. The average Bonchev–Trinajstić information content (AvgIpc) is 2.02. The number of hydrogen-bond donors (Lipinski definition) is 0. The Morgan fingerprint density at radius 1 is 1.00 bits per heavy atom. The first-order valence-corrected chi connectivity index (χ1v) is 5.48. The van der Waals surface area contributed by atoms with Crippen molar-refractivity contribution in [2.75, 3.05) is 0 Å². The van der Waals surface area contributed by atoms with Crippen molar-refractivity contribution in [3.63, 3.8) is 0 Å². The first-order chi connectivity index (χ1) is 6.16. The van der Waals surface area contributed by atoms with Gasteiger partial charge in [0, 0.05) is 0 Å². The molecule has 76 valence electrons. The van der Waals surface area contributed by atoms with E-state index >= 15 is 0 Å². The molecule has 0 aromatic heterocycles. The van der Waals surface area contributed by atoms with Crippen LogP contribution in [0.15, 0.2) is 23.3 Å². The molecule has 0 saturated carbocycles. The van der Waals surface area contributed by atoms with Gasteiger partial charge in [0.1, 0.15) is 0 Å². The quantitative estimate of drug-likeness (QED) is 0.404. The van der Waals surface area contributed by atoms with Crippen LogP contribution in [0.4, 0.5) is 0 Å². The van der Waals surface area contributed by atoms with Crippen LogP contribution in [0.5, 0.6) is 0 Å². The number of hydrogen-bond acceptors (Lipinski definition) is 0. The van der Waals surface area contributed by atoms with Gasteiger partial charge in [-0.05, 0) is 33.6 Å². The van der Waals surface area contributed by atoms with Crippen LogP contribution in [-0.4, -0.2) is 0 Å². The van der Waals surface area contributed by atoms with Crippen molar-refractivity contribution in [3.8, 4) is 0 Å². The minimum Gasteiger partial charge on any atom is -0.0816 e. The molecule has 13 heavy (non-hydrogen) atoms. The molecule has 0 nitrogen and oxygen atoms in total. The molecule has 0 aliphatic heterocycles. The van der Waals surface area contributed by atoms with Gasteiger partial charge in [-0.25, -0.2) is 0 Å². The third-order valence-corrected chi connectivity index (χ3v) is 2.04. The van der Waals surface area contributed by atoms with Crippen molar-refractivity contribution >= 4 is 0 Å². The second-order valence-electron chi connectivity index (χ2n) is 4.02. The van der Waals surface area contributed by atoms with Crippen LogP contribution in [0.2, 0.25) is 0 Å². The average molecular weight is 180 g/mol. The van der Waals surface area contributed by atoms with Gasteiger partial charge in [0.2, 0.25) is 0 Å². The van der Waals surface area contributed by atoms with E-state index in [1.165, 1.54) is 43.3 Å². The number of unbranched alkanes of at least 4 members (excludes halogenated alkanes) is 4. The predicted molar refractivity (Wildman–Crippen MR) is 61.9 cm³/mol. The normalized spacial score (nSPS) is 11.5. The van der Waals surface area contributed by atoms with Gasteiger partial charge in [-0.3, -0.25) is 0 Å². The zero-order valence-corrected chi connectivity index (χ0v) is 9.69. The van der Waals surface area contributed by atoms with Crippen molar-refractivity contribution in [2.24, 2.45) is 0 Å². The van der Waals surface area contributed by atoms with Crippen LogP contribution >= 0.6 is 0 Å². The van der Waals surface area contributed by atoms with E-state index < -0.39 is 0 Å². The van der Waals surface area contributed by atoms with E-state index in [2.05, 4.69) is 39.8 Å². The predicted octanol–water partition coefficient (Wildman–Crippen LogP) is 4.87. The molecule has 0 spiro atoms. The monoisotopic (exact) mass is 180 g/mol. The van der Waals surface area contributed by atoms with E-state index in [0.717, 1.165) is 0 Å². The highest BCUT2D eigenvalue weighted by atomic mass is 13.9. The Hall–Kier alpha value is -0.520. The molecular formula is C13H24. The molecule has 0 N–H and O–H groups in total. The molecule has 0 aromatic carbocycles. The van der Waals surface area contributed by atoms with Gasteiger partial charge in [0.05, 0.1) is 0 Å². The second kappa shape index (κ2) is 8.10. The van der Waals surface area contributed by atoms with E-state index in [-0.39, 0.29) is 0 Å². The SMILES string of the molecule is CCCCCC/C=C(\C)C=C(C)C. The molecule has 0 atom stereocenters. The van der Waals surface area contributed by atoms with Crippen molar-refractivity contribution in [1.29, 1.82) is 0 Å². The van der Waals surface area contributed by atoms with E-state index in [4.69, 9.17) is 0 Å². The largest absolute Gasteiger partial charge is 0.0816 e. The van der Waals surface area contributed by atoms with E-state index in [1.807, 2.05) is 0 Å². The molecule has 0 fully saturated rings. The Balaban J connectivity index is 3.54. The molecule has 0 heterocycles. The van der Waals surface area contributed by atoms with Crippen LogP contribution in [0.3, 0.4) is 0 Å². The van der Waals surface area contributed by atoms with E-state index in [9.17, 15) is 0 Å². The summed E-state index contributed by atoms with van der Waals surface area (Å²) in [7, 11) is 0. The fourth-order valence-corrected chi connectivity index (χ4v) is 1.42. The van der Waals surface area contributed by atoms with Gasteiger partial charge >= 0.3 is 0 Å². The van der Waals surface area contributed by atoms with Crippen LogP contribution in [-0.2, 0) is 0 Å². The van der Waals surface area contributed by atoms with Gasteiger partial charge < -0.3 is 0 Å². The van der Waals surface area contributed by atoms with Crippen molar-refractivity contribution in [2.45, 2.75) is 59.8 Å². The van der Waals surface area contributed by atoms with Crippen molar-refractivity contribution in [3.05, 3.63) is 23.3 Å². The summed E-state index contributed by atoms with van der Waals surface area (Å²) in [5.41, 5.74) is 2.80. The van der Waals surface area contributed by atoms with E-state index in [1.54, 1.807) is 0 Å². The third kappa shape index (κ3) is 9.39. The number of allylic oxidation sites excluding steroid dienone is 4. The summed E-state index contributed by atoms with van der Waals surface area (Å²) in [6, 6.07) is 0. The zero-order chi connectivity index (χ0) is 10.1. The Bertz CT molecular complexity index is 168. The minimum absolute atomic E-state index is 1.25. The first-order valence-electron chi connectivity index (χ1n) is 5.48. The van der Waals surface area contributed by atoms with E-state index in [0.29, 0.717) is 0 Å². The maximum atomic E-state index is 2.35. The number of rotatable bonds is 6. The maximum Gasteiger partial charge on any atom is -0.0345 e. The molecule has 0 aliphatic carbocycles. The molecular weight excluding hydrogens is 156 g/mol. The lowest BCUT2D eigenvalue weighted by Gasteiger charge is -1.96. The van der Waals surface area contributed by atoms with Crippen LogP contribution in [0.1, 0.15) is 59.8 Å². The second-order valence-corrected chi connectivity index (χ2v) is 4.02. The highest BCUT2D eigenvalue weighted by Gasteiger charge is 1.86. The van der Waals surface area contributed by atoms with Crippen LogP contribution in [0.25, 0.3) is 0 Å². The maximum absolute atomic E-state index is 2.35. The molecule has 0 heteroatoms. The zero-order valence-electron chi connectivity index (χ0n) is 9.69. The molecule has 0 unspecified atom stereocenters. The Labute approximate surface area is 83.7 Å². The molecule has 0 radical (unpaired) electrons. The van der Waals surface area contributed by atoms with Crippen LogP contribution in [0, 0.1) is 0 Å². The molecule has 0 aliphatic rings. The summed E-state index contributed by atoms with van der Waals surface area (Å²) in [5.74, 6) is 0. The summed E-state index contributed by atoms with van der Waals surface area (Å²) < 4.78 is 0. The minimum atomic E-state index is 1.25. The van der Waals surface area contributed by atoms with Gasteiger partial charge in [-0.1, -0.05) is 49.5 Å². The highest BCUT2D eigenvalue weighted by molar-refractivity contribution is 5.19. The van der Waals surface area contributed by atoms with Gasteiger partial charge in [-0.15, -0.1) is 0 Å². The Morgan fingerprint density at radius 2 is 1.69 bits per heavy atom. The smallest absolute Gasteiger partial charge is 0.0345 e.